The van der Waals surface area contributed by atoms with Crippen LogP contribution in [0.15, 0.2) is 24.3 Å². The van der Waals surface area contributed by atoms with Gasteiger partial charge in [-0.2, -0.15) is 0 Å². The van der Waals surface area contributed by atoms with E-state index < -0.39 is 0 Å². The van der Waals surface area contributed by atoms with Crippen LogP contribution >= 0.6 is 0 Å². The molecular formula is C12H11FO. The lowest BCUT2D eigenvalue weighted by molar-refractivity contribution is -0.116. The van der Waals surface area contributed by atoms with Crippen LogP contribution in [0.2, 0.25) is 0 Å². The highest BCUT2D eigenvalue weighted by Crippen LogP contribution is 2.01. The zero-order chi connectivity index (χ0) is 10.6. The van der Waals surface area contributed by atoms with Crippen LogP contribution in [0, 0.1) is 23.6 Å². The van der Waals surface area contributed by atoms with Gasteiger partial charge in [0.1, 0.15) is 5.82 Å². The van der Waals surface area contributed by atoms with Gasteiger partial charge >= 0.3 is 0 Å². The second-order valence-corrected chi connectivity index (χ2v) is 3.28. The van der Waals surface area contributed by atoms with Gasteiger partial charge < -0.3 is 0 Å². The van der Waals surface area contributed by atoms with Gasteiger partial charge in [0, 0.05) is 11.5 Å². The van der Waals surface area contributed by atoms with Crippen molar-refractivity contribution in [3.8, 4) is 11.8 Å². The first-order valence-corrected chi connectivity index (χ1v) is 4.41. The molecule has 1 rings (SSSR count). The molecule has 0 aliphatic carbocycles. The van der Waals surface area contributed by atoms with Gasteiger partial charge in [-0.25, -0.2) is 4.39 Å². The lowest BCUT2D eigenvalue weighted by atomic mass is 10.1. The molecule has 1 aromatic carbocycles. The molecule has 0 aliphatic rings. The third kappa shape index (κ3) is 3.02. The number of ketones is 1. The van der Waals surface area contributed by atoms with E-state index in [0.717, 1.165) is 0 Å². The molecule has 14 heavy (non-hydrogen) atoms. The normalized spacial score (nSPS) is 9.43. The minimum atomic E-state index is -0.300. The predicted octanol–water partition coefficient (Wildman–Crippen LogP) is 2.40. The molecule has 0 saturated carbocycles. The van der Waals surface area contributed by atoms with E-state index in [1.54, 1.807) is 26.0 Å². The van der Waals surface area contributed by atoms with Crippen LogP contribution < -0.4 is 0 Å². The second-order valence-electron chi connectivity index (χ2n) is 3.28. The second kappa shape index (κ2) is 4.57. The Morgan fingerprint density at radius 3 is 2.36 bits per heavy atom. The summed E-state index contributed by atoms with van der Waals surface area (Å²) in [5, 5.41) is 0. The highest BCUT2D eigenvalue weighted by atomic mass is 19.1. The molecule has 1 nitrogen and oxygen atoms in total. The van der Waals surface area contributed by atoms with Crippen molar-refractivity contribution in [1.82, 2.24) is 0 Å². The molecule has 0 aliphatic heterocycles. The number of rotatable bonds is 1. The lowest BCUT2D eigenvalue weighted by Crippen LogP contribution is -2.02. The molecule has 0 N–H and O–H groups in total. The van der Waals surface area contributed by atoms with Crippen molar-refractivity contribution < 1.29 is 9.18 Å². The number of hydrogen-bond donors (Lipinski definition) is 0. The summed E-state index contributed by atoms with van der Waals surface area (Å²) < 4.78 is 12.5. The van der Waals surface area contributed by atoms with E-state index in [1.807, 2.05) is 0 Å². The van der Waals surface area contributed by atoms with Crippen molar-refractivity contribution >= 4 is 5.78 Å². The van der Waals surface area contributed by atoms with Crippen molar-refractivity contribution in [3.05, 3.63) is 35.6 Å². The highest BCUT2D eigenvalue weighted by molar-refractivity contribution is 5.97. The van der Waals surface area contributed by atoms with Gasteiger partial charge in [0.15, 0.2) is 0 Å². The van der Waals surface area contributed by atoms with E-state index in [9.17, 15) is 9.18 Å². The highest BCUT2D eigenvalue weighted by Gasteiger charge is 2.01. The summed E-state index contributed by atoms with van der Waals surface area (Å²) >= 11 is 0. The van der Waals surface area contributed by atoms with Crippen molar-refractivity contribution in [2.75, 3.05) is 0 Å². The average molecular weight is 190 g/mol. The first-order valence-electron chi connectivity index (χ1n) is 4.41. The largest absolute Gasteiger partial charge is 0.285 e. The smallest absolute Gasteiger partial charge is 0.208 e. The van der Waals surface area contributed by atoms with Crippen molar-refractivity contribution in [2.45, 2.75) is 13.8 Å². The van der Waals surface area contributed by atoms with E-state index in [-0.39, 0.29) is 17.5 Å². The monoisotopic (exact) mass is 190 g/mol. The molecule has 0 heterocycles. The van der Waals surface area contributed by atoms with Gasteiger partial charge in [-0.1, -0.05) is 19.8 Å². The maximum Gasteiger partial charge on any atom is 0.208 e. The van der Waals surface area contributed by atoms with Crippen LogP contribution in [0.1, 0.15) is 19.4 Å². The van der Waals surface area contributed by atoms with Gasteiger partial charge in [0.05, 0.1) is 0 Å². The lowest BCUT2D eigenvalue weighted by Gasteiger charge is -1.93. The van der Waals surface area contributed by atoms with E-state index in [4.69, 9.17) is 0 Å². The number of carbonyl (C=O) groups excluding carboxylic acids is 1. The topological polar surface area (TPSA) is 17.1 Å². The maximum absolute atomic E-state index is 12.5. The number of Topliss-reactive ketones (excluding diaryl/α,β-unsaturated/α-hetero) is 1. The first kappa shape index (κ1) is 10.5. The fourth-order valence-electron chi connectivity index (χ4n) is 0.811. The Kier molecular flexibility index (Phi) is 3.41. The Bertz CT molecular complexity index is 379. The molecule has 0 spiro atoms. The zero-order valence-corrected chi connectivity index (χ0v) is 8.17. The molecule has 0 bridgehead atoms. The van der Waals surface area contributed by atoms with Crippen LogP contribution in [0.4, 0.5) is 4.39 Å². The SMILES string of the molecule is CC(C)C(=O)C#Cc1ccc(F)cc1. The fourth-order valence-corrected chi connectivity index (χ4v) is 0.811. The Balaban J connectivity index is 2.78. The number of halogens is 1. The molecule has 0 saturated heterocycles. The molecule has 0 atom stereocenters. The molecule has 72 valence electrons. The van der Waals surface area contributed by atoms with E-state index in [0.29, 0.717) is 5.56 Å². The Hall–Kier alpha value is -1.62. The molecule has 0 radical (unpaired) electrons. The quantitative estimate of drug-likeness (QED) is 0.621. The molecule has 2 heteroatoms. The minimum Gasteiger partial charge on any atom is -0.285 e. The van der Waals surface area contributed by atoms with Crippen LogP contribution in [-0.2, 0) is 4.79 Å². The third-order valence-electron chi connectivity index (χ3n) is 1.70. The van der Waals surface area contributed by atoms with Gasteiger partial charge in [0.2, 0.25) is 5.78 Å². The van der Waals surface area contributed by atoms with Crippen LogP contribution in [-0.4, -0.2) is 5.78 Å². The number of hydrogen-bond acceptors (Lipinski definition) is 1. The van der Waals surface area contributed by atoms with Gasteiger partial charge in [-0.05, 0) is 30.2 Å². The Labute approximate surface area is 82.9 Å². The summed E-state index contributed by atoms with van der Waals surface area (Å²) in [5.74, 6) is 4.71. The summed E-state index contributed by atoms with van der Waals surface area (Å²) in [6, 6.07) is 5.75. The van der Waals surface area contributed by atoms with Crippen LogP contribution in [0.5, 0.6) is 0 Å². The van der Waals surface area contributed by atoms with Gasteiger partial charge in [0.25, 0.3) is 0 Å². The predicted molar refractivity (Wildman–Crippen MR) is 53.1 cm³/mol. The summed E-state index contributed by atoms with van der Waals surface area (Å²) in [6.07, 6.45) is 0. The maximum atomic E-state index is 12.5. The van der Waals surface area contributed by atoms with E-state index in [2.05, 4.69) is 11.8 Å². The third-order valence-corrected chi connectivity index (χ3v) is 1.70. The van der Waals surface area contributed by atoms with Crippen LogP contribution in [0.3, 0.4) is 0 Å². The standard InChI is InChI=1S/C12H11FO/c1-9(2)12(14)8-5-10-3-6-11(13)7-4-10/h3-4,6-7,9H,1-2H3. The summed E-state index contributed by atoms with van der Waals surface area (Å²) in [6.45, 7) is 3.59. The molecule has 0 amide bonds. The molecular weight excluding hydrogens is 179 g/mol. The Morgan fingerprint density at radius 1 is 1.29 bits per heavy atom. The van der Waals surface area contributed by atoms with Crippen LogP contribution in [0.25, 0.3) is 0 Å². The zero-order valence-electron chi connectivity index (χ0n) is 8.17. The average Bonchev–Trinajstić information content (AvgIpc) is 2.16. The summed E-state index contributed by atoms with van der Waals surface area (Å²) in [7, 11) is 0. The van der Waals surface area contributed by atoms with Crippen molar-refractivity contribution in [1.29, 1.82) is 0 Å². The van der Waals surface area contributed by atoms with Gasteiger partial charge in [-0.15, -0.1) is 0 Å². The number of carbonyl (C=O) groups is 1. The Morgan fingerprint density at radius 2 is 1.86 bits per heavy atom. The summed E-state index contributed by atoms with van der Waals surface area (Å²) in [5.41, 5.74) is 0.653. The number of benzene rings is 1. The first-order chi connectivity index (χ1) is 6.59. The van der Waals surface area contributed by atoms with Crippen molar-refractivity contribution in [3.63, 3.8) is 0 Å². The molecule has 1 aromatic rings. The van der Waals surface area contributed by atoms with E-state index in [1.165, 1.54) is 12.1 Å². The summed E-state index contributed by atoms with van der Waals surface area (Å²) in [4.78, 5) is 11.1. The van der Waals surface area contributed by atoms with Gasteiger partial charge in [-0.3, -0.25) is 4.79 Å². The fraction of sp³-hybridized carbons (Fsp3) is 0.250. The van der Waals surface area contributed by atoms with Crippen molar-refractivity contribution in [2.24, 2.45) is 5.92 Å². The molecule has 0 fully saturated rings. The molecule has 0 aromatic heterocycles. The minimum absolute atomic E-state index is 0.0806. The molecule has 0 unspecified atom stereocenters. The van der Waals surface area contributed by atoms with E-state index >= 15 is 0 Å².